The fourth-order valence-electron chi connectivity index (χ4n) is 2.36. The number of aromatic hydroxyl groups is 2. The molecule has 3 aromatic carbocycles. The van der Waals surface area contributed by atoms with Gasteiger partial charge in [-0.25, -0.2) is 4.79 Å². The number of esters is 1. The Morgan fingerprint density at radius 1 is 1.00 bits per heavy atom. The molecule has 0 bridgehead atoms. The van der Waals surface area contributed by atoms with E-state index in [-0.39, 0.29) is 11.5 Å². The van der Waals surface area contributed by atoms with Crippen LogP contribution in [0.15, 0.2) is 59.6 Å². The minimum Gasteiger partial charge on any atom is -0.507 e. The summed E-state index contributed by atoms with van der Waals surface area (Å²) < 4.78 is 4.66. The van der Waals surface area contributed by atoms with Crippen molar-refractivity contribution >= 4 is 28.6 Å². The highest BCUT2D eigenvalue weighted by Crippen LogP contribution is 2.31. The molecule has 3 rings (SSSR count). The van der Waals surface area contributed by atoms with Gasteiger partial charge < -0.3 is 14.9 Å². The maximum atomic E-state index is 11.6. The lowest BCUT2D eigenvalue weighted by Gasteiger charge is -2.04. The van der Waals surface area contributed by atoms with Gasteiger partial charge in [-0.15, -0.1) is 0 Å². The number of ether oxygens (including phenoxy) is 1. The molecule has 0 radical (unpaired) electrons. The van der Waals surface area contributed by atoms with E-state index in [1.807, 2.05) is 24.3 Å². The van der Waals surface area contributed by atoms with Crippen molar-refractivity contribution in [2.45, 2.75) is 0 Å². The third-order valence-electron chi connectivity index (χ3n) is 3.63. The predicted molar refractivity (Wildman–Crippen MR) is 92.3 cm³/mol. The van der Waals surface area contributed by atoms with Gasteiger partial charge in [-0.1, -0.05) is 24.3 Å². The second-order valence-electron chi connectivity index (χ2n) is 5.21. The van der Waals surface area contributed by atoms with Crippen LogP contribution in [0.2, 0.25) is 0 Å². The van der Waals surface area contributed by atoms with Crippen LogP contribution in [0.3, 0.4) is 0 Å². The summed E-state index contributed by atoms with van der Waals surface area (Å²) in [4.78, 5) is 15.8. The van der Waals surface area contributed by atoms with E-state index in [9.17, 15) is 15.0 Å². The van der Waals surface area contributed by atoms with E-state index >= 15 is 0 Å². The number of benzene rings is 3. The molecule has 0 aliphatic heterocycles. The highest BCUT2D eigenvalue weighted by molar-refractivity contribution is 5.95. The second-order valence-corrected chi connectivity index (χ2v) is 5.21. The zero-order valence-electron chi connectivity index (χ0n) is 12.9. The van der Waals surface area contributed by atoms with E-state index in [1.54, 1.807) is 12.1 Å². The van der Waals surface area contributed by atoms with E-state index in [1.165, 1.54) is 31.5 Å². The minimum absolute atomic E-state index is 0.0216. The summed E-state index contributed by atoms with van der Waals surface area (Å²) in [6.45, 7) is 0. The van der Waals surface area contributed by atoms with Gasteiger partial charge in [0.15, 0.2) is 0 Å². The first-order valence-electron chi connectivity index (χ1n) is 7.25. The van der Waals surface area contributed by atoms with Crippen LogP contribution in [-0.4, -0.2) is 29.5 Å². The van der Waals surface area contributed by atoms with Crippen molar-refractivity contribution in [2.75, 3.05) is 7.11 Å². The quantitative estimate of drug-likeness (QED) is 0.568. The molecule has 0 amide bonds. The molecule has 3 aromatic rings. The SMILES string of the molecule is COC(=O)c1ccc(O)c(C=Nc2cc3ccccc3cc2O)c1. The number of nitrogens with zero attached hydrogens (tertiary/aromatic N) is 1. The molecule has 120 valence electrons. The summed E-state index contributed by atoms with van der Waals surface area (Å²) in [5.41, 5.74) is 1.03. The number of rotatable bonds is 3. The predicted octanol–water partition coefficient (Wildman–Crippen LogP) is 3.79. The summed E-state index contributed by atoms with van der Waals surface area (Å²) in [6.07, 6.45) is 1.39. The van der Waals surface area contributed by atoms with Crippen molar-refractivity contribution in [2.24, 2.45) is 4.99 Å². The summed E-state index contributed by atoms with van der Waals surface area (Å²) in [7, 11) is 1.29. The lowest BCUT2D eigenvalue weighted by molar-refractivity contribution is 0.0600. The first kappa shape index (κ1) is 15.6. The van der Waals surface area contributed by atoms with Crippen LogP contribution >= 0.6 is 0 Å². The van der Waals surface area contributed by atoms with Gasteiger partial charge in [0.2, 0.25) is 0 Å². The van der Waals surface area contributed by atoms with E-state index in [0.717, 1.165) is 10.8 Å². The molecule has 0 fully saturated rings. The molecule has 24 heavy (non-hydrogen) atoms. The van der Waals surface area contributed by atoms with Crippen LogP contribution < -0.4 is 0 Å². The average Bonchev–Trinajstić information content (AvgIpc) is 2.60. The molecule has 0 heterocycles. The normalized spacial score (nSPS) is 11.0. The lowest BCUT2D eigenvalue weighted by Crippen LogP contribution is -2.01. The number of carbonyl (C=O) groups is 1. The van der Waals surface area contributed by atoms with Gasteiger partial charge in [-0.05, 0) is 41.1 Å². The molecular formula is C19H15NO4. The van der Waals surface area contributed by atoms with Gasteiger partial charge >= 0.3 is 5.97 Å². The van der Waals surface area contributed by atoms with Crippen LogP contribution in [0.25, 0.3) is 10.8 Å². The van der Waals surface area contributed by atoms with Crippen molar-refractivity contribution < 1.29 is 19.7 Å². The zero-order chi connectivity index (χ0) is 17.1. The second kappa shape index (κ2) is 6.42. The third kappa shape index (κ3) is 3.05. The summed E-state index contributed by atoms with van der Waals surface area (Å²) in [6, 6.07) is 15.3. The van der Waals surface area contributed by atoms with Crippen molar-refractivity contribution in [3.63, 3.8) is 0 Å². The largest absolute Gasteiger partial charge is 0.507 e. The zero-order valence-corrected chi connectivity index (χ0v) is 12.9. The van der Waals surface area contributed by atoms with Crippen LogP contribution in [0.5, 0.6) is 11.5 Å². The molecule has 0 atom stereocenters. The number of carbonyl (C=O) groups excluding carboxylic acids is 1. The van der Waals surface area contributed by atoms with Gasteiger partial charge in [0, 0.05) is 11.8 Å². The Balaban J connectivity index is 1.99. The first-order chi connectivity index (χ1) is 11.6. The highest BCUT2D eigenvalue weighted by atomic mass is 16.5. The molecule has 0 aromatic heterocycles. The average molecular weight is 321 g/mol. The maximum Gasteiger partial charge on any atom is 0.337 e. The molecule has 0 unspecified atom stereocenters. The van der Waals surface area contributed by atoms with Crippen molar-refractivity contribution in [3.05, 3.63) is 65.7 Å². The van der Waals surface area contributed by atoms with Crippen LogP contribution in [0.1, 0.15) is 15.9 Å². The van der Waals surface area contributed by atoms with E-state index in [4.69, 9.17) is 0 Å². The number of hydrogen-bond donors (Lipinski definition) is 2. The van der Waals surface area contributed by atoms with Crippen LogP contribution in [0.4, 0.5) is 5.69 Å². The number of hydrogen-bond acceptors (Lipinski definition) is 5. The Morgan fingerprint density at radius 2 is 1.71 bits per heavy atom. The molecule has 5 heteroatoms. The lowest BCUT2D eigenvalue weighted by atomic mass is 10.1. The number of methoxy groups -OCH3 is 1. The number of aliphatic imine (C=N–C) groups is 1. The highest BCUT2D eigenvalue weighted by Gasteiger charge is 2.09. The molecule has 0 saturated heterocycles. The summed E-state index contributed by atoms with van der Waals surface area (Å²) >= 11 is 0. The molecule has 0 aliphatic carbocycles. The third-order valence-corrected chi connectivity index (χ3v) is 3.63. The van der Waals surface area contributed by atoms with E-state index in [0.29, 0.717) is 16.8 Å². The van der Waals surface area contributed by atoms with Crippen molar-refractivity contribution in [1.29, 1.82) is 0 Å². The number of phenols is 2. The van der Waals surface area contributed by atoms with Crippen molar-refractivity contribution in [1.82, 2.24) is 0 Å². The monoisotopic (exact) mass is 321 g/mol. The molecular weight excluding hydrogens is 306 g/mol. The Labute approximate surface area is 138 Å². The van der Waals surface area contributed by atoms with Crippen molar-refractivity contribution in [3.8, 4) is 11.5 Å². The first-order valence-corrected chi connectivity index (χ1v) is 7.25. The molecule has 2 N–H and O–H groups in total. The fourth-order valence-corrected chi connectivity index (χ4v) is 2.36. The van der Waals surface area contributed by atoms with Gasteiger partial charge in [-0.2, -0.15) is 0 Å². The standard InChI is InChI=1S/C19H15NO4/c1-24-19(23)14-6-7-17(21)15(8-14)11-20-16-9-12-4-2-3-5-13(12)10-18(16)22/h2-11,21-22H,1H3. The molecule has 0 spiro atoms. The maximum absolute atomic E-state index is 11.6. The summed E-state index contributed by atoms with van der Waals surface area (Å²) in [5, 5.41) is 21.8. The molecule has 0 saturated carbocycles. The topological polar surface area (TPSA) is 79.1 Å². The number of phenolic OH excluding ortho intramolecular Hbond substituents is 2. The van der Waals surface area contributed by atoms with Crippen LogP contribution in [0, 0.1) is 0 Å². The summed E-state index contributed by atoms with van der Waals surface area (Å²) in [5.74, 6) is -0.488. The minimum atomic E-state index is -0.502. The van der Waals surface area contributed by atoms with Gasteiger partial charge in [-0.3, -0.25) is 4.99 Å². The van der Waals surface area contributed by atoms with E-state index in [2.05, 4.69) is 9.73 Å². The Morgan fingerprint density at radius 3 is 2.42 bits per heavy atom. The van der Waals surface area contributed by atoms with Gasteiger partial charge in [0.25, 0.3) is 0 Å². The Bertz CT molecular complexity index is 947. The fraction of sp³-hybridized carbons (Fsp3) is 0.0526. The number of fused-ring (bicyclic) bond motifs is 1. The molecule has 5 nitrogen and oxygen atoms in total. The van der Waals surface area contributed by atoms with Crippen LogP contribution in [-0.2, 0) is 4.74 Å². The Kier molecular flexibility index (Phi) is 4.16. The smallest absolute Gasteiger partial charge is 0.337 e. The Hall–Kier alpha value is -3.34. The van der Waals surface area contributed by atoms with Gasteiger partial charge in [0.05, 0.1) is 12.7 Å². The van der Waals surface area contributed by atoms with E-state index < -0.39 is 5.97 Å². The van der Waals surface area contributed by atoms with Gasteiger partial charge in [0.1, 0.15) is 17.2 Å². The molecule has 0 aliphatic rings.